The van der Waals surface area contributed by atoms with E-state index < -0.39 is 6.10 Å². The molecule has 0 fully saturated rings. The van der Waals surface area contributed by atoms with Crippen molar-refractivity contribution in [3.05, 3.63) is 51.9 Å². The van der Waals surface area contributed by atoms with E-state index in [0.717, 1.165) is 27.6 Å². The molecule has 1 atom stereocenters. The maximum Gasteiger partial charge on any atom is 0.114 e. The van der Waals surface area contributed by atoms with Crippen LogP contribution in [0.25, 0.3) is 0 Å². The average Bonchev–Trinajstić information content (AvgIpc) is 2.62. The summed E-state index contributed by atoms with van der Waals surface area (Å²) in [6, 6.07) is 7.68. The van der Waals surface area contributed by atoms with Crippen molar-refractivity contribution in [3.63, 3.8) is 0 Å². The summed E-state index contributed by atoms with van der Waals surface area (Å²) in [5, 5.41) is 10.4. The molecule has 0 amide bonds. The van der Waals surface area contributed by atoms with Crippen molar-refractivity contribution in [2.45, 2.75) is 6.10 Å². The number of hydrogen-bond donors (Lipinski definition) is 1. The maximum absolute atomic E-state index is 10.4. The van der Waals surface area contributed by atoms with Crippen LogP contribution in [0.4, 0.5) is 0 Å². The van der Waals surface area contributed by atoms with Gasteiger partial charge in [0.2, 0.25) is 0 Å². The predicted octanol–water partition coefficient (Wildman–Crippen LogP) is 5.88. The zero-order valence-corrected chi connectivity index (χ0v) is 15.4. The molecule has 1 heterocycles. The van der Waals surface area contributed by atoms with E-state index in [1.165, 1.54) is 11.3 Å². The first-order valence-corrected chi connectivity index (χ1v) is 8.55. The van der Waals surface area contributed by atoms with Crippen LogP contribution in [0.5, 0.6) is 0 Å². The number of halogens is 4. The third-order valence-corrected chi connectivity index (χ3v) is 6.71. The van der Waals surface area contributed by atoms with Gasteiger partial charge in [-0.3, -0.25) is 0 Å². The average molecular weight is 506 g/mol. The Hall–Kier alpha value is 0.800. The molecule has 0 spiro atoms. The number of rotatable bonds is 2. The monoisotopic (exact) mass is 502 g/mol. The Bertz CT molecular complexity index is 533. The lowest BCUT2D eigenvalue weighted by Crippen LogP contribution is -1.98. The fourth-order valence-corrected chi connectivity index (χ4v) is 4.31. The van der Waals surface area contributed by atoms with Crippen LogP contribution in [-0.4, -0.2) is 5.11 Å². The highest BCUT2D eigenvalue weighted by Gasteiger charge is 2.17. The number of benzene rings is 1. The third-order valence-electron chi connectivity index (χ3n) is 2.19. The molecular formula is C11H6Br4OS. The van der Waals surface area contributed by atoms with E-state index in [1.807, 2.05) is 24.3 Å². The van der Waals surface area contributed by atoms with E-state index in [4.69, 9.17) is 0 Å². The van der Waals surface area contributed by atoms with Gasteiger partial charge >= 0.3 is 0 Å². The molecule has 0 saturated carbocycles. The van der Waals surface area contributed by atoms with E-state index >= 15 is 0 Å². The van der Waals surface area contributed by atoms with Crippen LogP contribution in [-0.2, 0) is 0 Å². The molecule has 0 bridgehead atoms. The fraction of sp³-hybridized carbons (Fsp3) is 0.0909. The molecule has 6 heteroatoms. The van der Waals surface area contributed by atoms with Crippen LogP contribution < -0.4 is 0 Å². The zero-order valence-electron chi connectivity index (χ0n) is 8.25. The zero-order chi connectivity index (χ0) is 12.6. The molecular weight excluding hydrogens is 500 g/mol. The van der Waals surface area contributed by atoms with E-state index in [2.05, 4.69) is 63.7 Å². The summed E-state index contributed by atoms with van der Waals surface area (Å²) in [6.45, 7) is 0. The molecule has 1 nitrogen and oxygen atoms in total. The molecule has 90 valence electrons. The molecule has 0 radical (unpaired) electrons. The second kappa shape index (κ2) is 5.84. The highest BCUT2D eigenvalue weighted by Crippen LogP contribution is 2.39. The highest BCUT2D eigenvalue weighted by molar-refractivity contribution is 9.13. The highest BCUT2D eigenvalue weighted by atomic mass is 79.9. The second-order valence-corrected chi connectivity index (χ2v) is 8.36. The van der Waals surface area contributed by atoms with Gasteiger partial charge in [0.1, 0.15) is 6.10 Å². The molecule has 2 aromatic rings. The van der Waals surface area contributed by atoms with Crippen molar-refractivity contribution in [1.29, 1.82) is 0 Å². The Kier molecular flexibility index (Phi) is 4.88. The van der Waals surface area contributed by atoms with Crippen molar-refractivity contribution < 1.29 is 5.11 Å². The van der Waals surface area contributed by atoms with Crippen LogP contribution in [0.3, 0.4) is 0 Å². The largest absolute Gasteiger partial charge is 0.383 e. The van der Waals surface area contributed by atoms with E-state index in [-0.39, 0.29) is 0 Å². The Labute approximate surface area is 137 Å². The minimum atomic E-state index is -0.630. The van der Waals surface area contributed by atoms with E-state index in [9.17, 15) is 5.11 Å². The van der Waals surface area contributed by atoms with Gasteiger partial charge in [-0.15, -0.1) is 11.3 Å². The summed E-state index contributed by atoms with van der Waals surface area (Å²) in [6.07, 6.45) is -0.630. The van der Waals surface area contributed by atoms with Crippen molar-refractivity contribution in [2.75, 3.05) is 0 Å². The second-order valence-electron chi connectivity index (χ2n) is 3.34. The first-order valence-electron chi connectivity index (χ1n) is 4.57. The van der Waals surface area contributed by atoms with Gasteiger partial charge in [-0.25, -0.2) is 0 Å². The van der Waals surface area contributed by atoms with Gasteiger partial charge in [-0.1, -0.05) is 31.9 Å². The Morgan fingerprint density at radius 2 is 1.71 bits per heavy atom. The van der Waals surface area contributed by atoms with Crippen LogP contribution >= 0.6 is 75.1 Å². The lowest BCUT2D eigenvalue weighted by Gasteiger charge is -2.11. The molecule has 1 unspecified atom stereocenters. The number of hydrogen-bond acceptors (Lipinski definition) is 2. The molecule has 0 aliphatic carbocycles. The Morgan fingerprint density at radius 1 is 1.00 bits per heavy atom. The summed E-state index contributed by atoms with van der Waals surface area (Å²) in [5.74, 6) is 0. The molecule has 1 aromatic heterocycles. The molecule has 1 aromatic carbocycles. The maximum atomic E-state index is 10.4. The molecule has 1 N–H and O–H groups in total. The van der Waals surface area contributed by atoms with Gasteiger partial charge in [0, 0.05) is 23.9 Å². The van der Waals surface area contributed by atoms with E-state index in [1.54, 1.807) is 0 Å². The van der Waals surface area contributed by atoms with Crippen LogP contribution in [0, 0.1) is 0 Å². The van der Waals surface area contributed by atoms with Crippen LogP contribution in [0.1, 0.15) is 16.5 Å². The minimum Gasteiger partial charge on any atom is -0.383 e. The first-order chi connectivity index (χ1) is 7.99. The standard InChI is InChI=1S/C11H6Br4OS/c12-5-1-2-7(13)6(3-5)10(16)9-4-8(14)11(15)17-9/h1-4,10,16H. The lowest BCUT2D eigenvalue weighted by molar-refractivity contribution is 0.223. The fourth-order valence-electron chi connectivity index (χ4n) is 1.38. The van der Waals surface area contributed by atoms with Gasteiger partial charge in [0.25, 0.3) is 0 Å². The van der Waals surface area contributed by atoms with E-state index in [0.29, 0.717) is 0 Å². The van der Waals surface area contributed by atoms with Crippen molar-refractivity contribution >= 4 is 75.1 Å². The summed E-state index contributed by atoms with van der Waals surface area (Å²) in [4.78, 5) is 0.891. The van der Waals surface area contributed by atoms with Gasteiger partial charge < -0.3 is 5.11 Å². The van der Waals surface area contributed by atoms with Crippen molar-refractivity contribution in [2.24, 2.45) is 0 Å². The van der Waals surface area contributed by atoms with Crippen molar-refractivity contribution in [3.8, 4) is 0 Å². The lowest BCUT2D eigenvalue weighted by atomic mass is 10.1. The SMILES string of the molecule is OC(c1cc(Br)c(Br)s1)c1cc(Br)ccc1Br. The quantitative estimate of drug-likeness (QED) is 0.540. The van der Waals surface area contributed by atoms with Gasteiger partial charge in [-0.2, -0.15) is 0 Å². The smallest absolute Gasteiger partial charge is 0.114 e. The summed E-state index contributed by atoms with van der Waals surface area (Å²) < 4.78 is 3.79. The number of thiophene rings is 1. The summed E-state index contributed by atoms with van der Waals surface area (Å²) in [7, 11) is 0. The first kappa shape index (κ1) is 14.2. The molecule has 2 rings (SSSR count). The molecule has 0 saturated heterocycles. The molecule has 0 aliphatic rings. The van der Waals surface area contributed by atoms with Crippen LogP contribution in [0.2, 0.25) is 0 Å². The number of aliphatic hydroxyl groups excluding tert-OH is 1. The van der Waals surface area contributed by atoms with Crippen LogP contribution in [0.15, 0.2) is 41.5 Å². The predicted molar refractivity (Wildman–Crippen MR) is 85.6 cm³/mol. The topological polar surface area (TPSA) is 20.2 Å². The Balaban J connectivity index is 2.42. The van der Waals surface area contributed by atoms with Gasteiger partial charge in [0.15, 0.2) is 0 Å². The molecule has 17 heavy (non-hydrogen) atoms. The third kappa shape index (κ3) is 3.22. The van der Waals surface area contributed by atoms with Gasteiger partial charge in [0.05, 0.1) is 3.79 Å². The van der Waals surface area contributed by atoms with Gasteiger partial charge in [-0.05, 0) is 56.1 Å². The molecule has 0 aliphatic heterocycles. The Morgan fingerprint density at radius 3 is 2.29 bits per heavy atom. The normalized spacial score (nSPS) is 12.8. The summed E-state index contributed by atoms with van der Waals surface area (Å²) >= 11 is 15.2. The minimum absolute atomic E-state index is 0.630. The van der Waals surface area contributed by atoms with Crippen molar-refractivity contribution in [1.82, 2.24) is 0 Å². The number of aliphatic hydroxyl groups is 1. The summed E-state index contributed by atoms with van der Waals surface area (Å²) in [5.41, 5.74) is 0.848.